The number of hydrogen-bond donors (Lipinski definition) is 1. The monoisotopic (exact) mass is 329 g/mol. The van der Waals surface area contributed by atoms with Gasteiger partial charge in [0.2, 0.25) is 0 Å². The lowest BCUT2D eigenvalue weighted by molar-refractivity contribution is -0.120. The summed E-state index contributed by atoms with van der Waals surface area (Å²) in [5.41, 5.74) is 0. The summed E-state index contributed by atoms with van der Waals surface area (Å²) in [4.78, 5) is 34.5. The molecule has 0 aliphatic rings. The third-order valence-corrected chi connectivity index (χ3v) is 4.89. The Balaban J connectivity index is 4.06. The van der Waals surface area contributed by atoms with Crippen LogP contribution < -0.4 is 5.32 Å². The zero-order chi connectivity index (χ0) is 17.0. The molecule has 0 aliphatic heterocycles. The van der Waals surface area contributed by atoms with Gasteiger partial charge < -0.3 is 10.1 Å². The van der Waals surface area contributed by atoms with Gasteiger partial charge in [0.25, 0.3) is 0 Å². The molecule has 1 unspecified atom stereocenters. The Kier molecular flexibility index (Phi) is 12.4. The van der Waals surface area contributed by atoms with Crippen LogP contribution in [0.1, 0.15) is 59.8 Å². The highest BCUT2D eigenvalue weighted by Gasteiger charge is 2.18. The molecule has 128 valence electrons. The van der Waals surface area contributed by atoms with Gasteiger partial charge in [-0.05, 0) is 31.7 Å². The van der Waals surface area contributed by atoms with Crippen LogP contribution in [0.3, 0.4) is 0 Å². The molecule has 0 radical (unpaired) electrons. The summed E-state index contributed by atoms with van der Waals surface area (Å²) in [6, 6.07) is -0.221. The Morgan fingerprint density at radius 2 is 1.91 bits per heavy atom. The van der Waals surface area contributed by atoms with Crippen LogP contribution in [0.5, 0.6) is 0 Å². The molecule has 1 N–H and O–H groups in total. The van der Waals surface area contributed by atoms with Crippen molar-refractivity contribution >= 4 is 28.9 Å². The molecule has 0 aromatic carbocycles. The number of nitrogens with one attached hydrogen (secondary N) is 1. The van der Waals surface area contributed by atoms with Crippen LogP contribution in [-0.4, -0.2) is 35.5 Å². The van der Waals surface area contributed by atoms with Gasteiger partial charge in [0.15, 0.2) is 5.12 Å². The van der Waals surface area contributed by atoms with Gasteiger partial charge in [0.1, 0.15) is 12.1 Å². The minimum atomic E-state index is -0.221. The number of carbonyl (C=O) groups is 3. The van der Waals surface area contributed by atoms with E-state index in [1.165, 1.54) is 11.8 Å². The maximum atomic E-state index is 11.9. The first-order valence-electron chi connectivity index (χ1n) is 8.35. The second-order valence-electron chi connectivity index (χ2n) is 5.80. The summed E-state index contributed by atoms with van der Waals surface area (Å²) in [5, 5.41) is 3.27. The summed E-state index contributed by atoms with van der Waals surface area (Å²) < 4.78 is 0. The van der Waals surface area contributed by atoms with Crippen LogP contribution in [0, 0.1) is 11.8 Å². The molecule has 3 atom stereocenters. The van der Waals surface area contributed by atoms with Crippen molar-refractivity contribution < 1.29 is 14.4 Å². The Morgan fingerprint density at radius 3 is 2.41 bits per heavy atom. The van der Waals surface area contributed by atoms with Crippen LogP contribution >= 0.6 is 11.8 Å². The molecular weight excluding hydrogens is 298 g/mol. The van der Waals surface area contributed by atoms with Crippen LogP contribution in [0.25, 0.3) is 0 Å². The second-order valence-corrected chi connectivity index (χ2v) is 6.87. The molecule has 0 aromatic heterocycles. The lowest BCUT2D eigenvalue weighted by Gasteiger charge is -2.16. The van der Waals surface area contributed by atoms with E-state index in [4.69, 9.17) is 0 Å². The molecule has 0 fully saturated rings. The van der Waals surface area contributed by atoms with Gasteiger partial charge in [0.05, 0.1) is 6.04 Å². The summed E-state index contributed by atoms with van der Waals surface area (Å²) in [7, 11) is 0. The normalized spacial score (nSPS) is 15.1. The predicted molar refractivity (Wildman–Crippen MR) is 93.1 cm³/mol. The largest absolute Gasteiger partial charge is 0.307 e. The van der Waals surface area contributed by atoms with E-state index in [-0.39, 0.29) is 22.9 Å². The van der Waals surface area contributed by atoms with Crippen LogP contribution in [0.4, 0.5) is 0 Å². The van der Waals surface area contributed by atoms with Gasteiger partial charge in [-0.25, -0.2) is 0 Å². The summed E-state index contributed by atoms with van der Waals surface area (Å²) in [6.45, 7) is 8.64. The fourth-order valence-electron chi connectivity index (χ4n) is 2.32. The molecule has 0 aliphatic carbocycles. The summed E-state index contributed by atoms with van der Waals surface area (Å²) in [6.07, 6.45) is 4.55. The second kappa shape index (κ2) is 12.8. The van der Waals surface area contributed by atoms with Gasteiger partial charge in [-0.1, -0.05) is 39.5 Å². The fourth-order valence-corrected chi connectivity index (χ4v) is 3.24. The zero-order valence-corrected chi connectivity index (χ0v) is 15.2. The third kappa shape index (κ3) is 9.36. The van der Waals surface area contributed by atoms with E-state index in [2.05, 4.69) is 12.2 Å². The molecule has 5 heteroatoms. The van der Waals surface area contributed by atoms with Crippen molar-refractivity contribution in [2.24, 2.45) is 11.8 Å². The van der Waals surface area contributed by atoms with Crippen molar-refractivity contribution in [3.8, 4) is 0 Å². The molecule has 0 heterocycles. The lowest BCUT2D eigenvalue weighted by atomic mass is 9.92. The average Bonchev–Trinajstić information content (AvgIpc) is 2.53. The highest BCUT2D eigenvalue weighted by Crippen LogP contribution is 2.20. The molecule has 22 heavy (non-hydrogen) atoms. The van der Waals surface area contributed by atoms with Crippen LogP contribution in [0.2, 0.25) is 0 Å². The minimum absolute atomic E-state index is 0.109. The Morgan fingerprint density at radius 1 is 1.23 bits per heavy atom. The molecule has 0 saturated heterocycles. The number of rotatable bonds is 13. The minimum Gasteiger partial charge on any atom is -0.307 e. The number of carbonyl (C=O) groups excluding carboxylic acids is 3. The van der Waals surface area contributed by atoms with E-state index in [1.54, 1.807) is 0 Å². The fraction of sp³-hybridized carbons (Fsp3) is 0.824. The van der Waals surface area contributed by atoms with E-state index in [1.807, 2.05) is 20.8 Å². The Hall–Kier alpha value is -0.680. The number of likely N-dealkylation sites (N-methyl/N-ethyl adjacent to an activating group) is 1. The van der Waals surface area contributed by atoms with E-state index in [9.17, 15) is 14.4 Å². The number of thioether (sulfide) groups is 1. The lowest BCUT2D eigenvalue weighted by Crippen LogP contribution is -2.38. The van der Waals surface area contributed by atoms with E-state index in [0.717, 1.165) is 32.1 Å². The first-order valence-corrected chi connectivity index (χ1v) is 9.33. The third-order valence-electron chi connectivity index (χ3n) is 3.86. The molecule has 0 amide bonds. The molecule has 0 aromatic rings. The van der Waals surface area contributed by atoms with Gasteiger partial charge in [0, 0.05) is 24.5 Å². The zero-order valence-electron chi connectivity index (χ0n) is 14.4. The number of Topliss-reactive ketones (excluding diaryl/α,β-unsaturated/α-hetero) is 1. The maximum Gasteiger partial charge on any atom is 0.189 e. The van der Waals surface area contributed by atoms with E-state index < -0.39 is 0 Å². The van der Waals surface area contributed by atoms with Crippen molar-refractivity contribution in [1.29, 1.82) is 0 Å². The topological polar surface area (TPSA) is 63.2 Å². The van der Waals surface area contributed by atoms with Gasteiger partial charge in [-0.3, -0.25) is 9.59 Å². The summed E-state index contributed by atoms with van der Waals surface area (Å²) in [5.74, 6) is 1.16. The van der Waals surface area contributed by atoms with Crippen molar-refractivity contribution in [2.45, 2.75) is 65.8 Å². The first-order chi connectivity index (χ1) is 10.5. The Labute approximate surface area is 139 Å². The standard InChI is InChI=1S/C17H31NO3S/c1-5-14(11-19)10-13(4)8-9-17(21)22-12-15(18-7-3)16(20)6-2/h11,13-15,18H,5-10,12H2,1-4H3/t13?,14-,15-/m0/s1. The van der Waals surface area contributed by atoms with Crippen molar-refractivity contribution in [1.82, 2.24) is 5.32 Å². The quantitative estimate of drug-likeness (QED) is 0.526. The average molecular weight is 330 g/mol. The van der Waals surface area contributed by atoms with E-state index in [0.29, 0.717) is 24.5 Å². The smallest absolute Gasteiger partial charge is 0.189 e. The van der Waals surface area contributed by atoms with E-state index >= 15 is 0 Å². The summed E-state index contributed by atoms with van der Waals surface area (Å²) >= 11 is 1.25. The van der Waals surface area contributed by atoms with Crippen LogP contribution in [0.15, 0.2) is 0 Å². The van der Waals surface area contributed by atoms with Gasteiger partial charge >= 0.3 is 0 Å². The van der Waals surface area contributed by atoms with Gasteiger partial charge in [-0.15, -0.1) is 0 Å². The molecule has 0 spiro atoms. The number of hydrogen-bond acceptors (Lipinski definition) is 5. The molecule has 0 saturated carbocycles. The predicted octanol–water partition coefficient (Wildman–Crippen LogP) is 3.23. The first kappa shape index (κ1) is 21.3. The molecule has 0 rings (SSSR count). The maximum absolute atomic E-state index is 11.9. The Bertz CT molecular complexity index is 347. The highest BCUT2D eigenvalue weighted by atomic mass is 32.2. The van der Waals surface area contributed by atoms with Gasteiger partial charge in [-0.2, -0.15) is 0 Å². The highest BCUT2D eigenvalue weighted by molar-refractivity contribution is 8.13. The number of aldehydes is 1. The number of ketones is 1. The van der Waals surface area contributed by atoms with Crippen molar-refractivity contribution in [3.63, 3.8) is 0 Å². The molecular formula is C17H31NO3S. The van der Waals surface area contributed by atoms with Crippen molar-refractivity contribution in [3.05, 3.63) is 0 Å². The SMILES string of the molecule is CCN[C@@H](CSC(=O)CCC(C)C[C@@H](C=O)CC)C(=O)CC. The van der Waals surface area contributed by atoms with Crippen molar-refractivity contribution in [2.75, 3.05) is 12.3 Å². The van der Waals surface area contributed by atoms with Crippen LogP contribution in [-0.2, 0) is 14.4 Å². The molecule has 4 nitrogen and oxygen atoms in total. The molecule has 0 bridgehead atoms.